The number of ether oxygens (including phenoxy) is 1. The summed E-state index contributed by atoms with van der Waals surface area (Å²) >= 11 is 0. The standard InChI is InChI=1S/C17H20N4O2/c1-19-8-12(7-18-19)9-21-10-14-16(11-21)23-15-6-4-3-5-13(15)17(22)20(14)2/h3-8,14,16H,9-11H2,1-2H3. The summed E-state index contributed by atoms with van der Waals surface area (Å²) in [5.41, 5.74) is 1.83. The van der Waals surface area contributed by atoms with Gasteiger partial charge in [-0.15, -0.1) is 0 Å². The quantitative estimate of drug-likeness (QED) is 0.834. The first-order chi connectivity index (χ1) is 11.1. The number of carbonyl (C=O) groups excluding carboxylic acids is 1. The van der Waals surface area contributed by atoms with Crippen molar-refractivity contribution in [2.75, 3.05) is 20.1 Å². The molecular weight excluding hydrogens is 292 g/mol. The Morgan fingerprint density at radius 1 is 1.26 bits per heavy atom. The molecule has 0 bridgehead atoms. The van der Waals surface area contributed by atoms with Gasteiger partial charge in [-0.2, -0.15) is 5.10 Å². The van der Waals surface area contributed by atoms with Gasteiger partial charge in [-0.25, -0.2) is 0 Å². The summed E-state index contributed by atoms with van der Waals surface area (Å²) in [5, 5.41) is 4.22. The van der Waals surface area contributed by atoms with Crippen molar-refractivity contribution < 1.29 is 9.53 Å². The summed E-state index contributed by atoms with van der Waals surface area (Å²) in [6, 6.07) is 7.58. The molecule has 1 saturated heterocycles. The Bertz CT molecular complexity index is 742. The number of amides is 1. The van der Waals surface area contributed by atoms with E-state index < -0.39 is 0 Å². The van der Waals surface area contributed by atoms with Gasteiger partial charge >= 0.3 is 0 Å². The molecule has 0 spiro atoms. The van der Waals surface area contributed by atoms with Crippen molar-refractivity contribution in [1.29, 1.82) is 0 Å². The van der Waals surface area contributed by atoms with Crippen LogP contribution >= 0.6 is 0 Å². The number of para-hydroxylation sites is 1. The van der Waals surface area contributed by atoms with Gasteiger partial charge in [0.05, 0.1) is 17.8 Å². The number of likely N-dealkylation sites (tertiary alicyclic amines) is 1. The van der Waals surface area contributed by atoms with Gasteiger partial charge < -0.3 is 9.64 Å². The van der Waals surface area contributed by atoms with Crippen LogP contribution in [0.4, 0.5) is 0 Å². The number of nitrogens with zero attached hydrogens (tertiary/aromatic N) is 4. The predicted molar refractivity (Wildman–Crippen MR) is 85.2 cm³/mol. The van der Waals surface area contributed by atoms with Crippen molar-refractivity contribution in [2.24, 2.45) is 7.05 Å². The summed E-state index contributed by atoms with van der Waals surface area (Å²) in [7, 11) is 3.79. The zero-order valence-corrected chi connectivity index (χ0v) is 13.3. The van der Waals surface area contributed by atoms with Crippen LogP contribution in [0.2, 0.25) is 0 Å². The third kappa shape index (κ3) is 2.49. The van der Waals surface area contributed by atoms with E-state index in [2.05, 4.69) is 10.00 Å². The van der Waals surface area contributed by atoms with Crippen LogP contribution in [0.15, 0.2) is 36.7 Å². The smallest absolute Gasteiger partial charge is 0.257 e. The van der Waals surface area contributed by atoms with E-state index in [1.54, 1.807) is 0 Å². The minimum atomic E-state index is 0.00396. The molecule has 4 rings (SSSR count). The van der Waals surface area contributed by atoms with Crippen LogP contribution in [-0.2, 0) is 13.6 Å². The topological polar surface area (TPSA) is 50.6 Å². The summed E-state index contributed by atoms with van der Waals surface area (Å²) < 4.78 is 7.98. The Balaban J connectivity index is 1.56. The molecule has 1 aromatic carbocycles. The lowest BCUT2D eigenvalue weighted by Crippen LogP contribution is -2.44. The Labute approximate surface area is 135 Å². The summed E-state index contributed by atoms with van der Waals surface area (Å²) in [6.07, 6.45) is 3.92. The second-order valence-electron chi connectivity index (χ2n) is 6.35. The molecule has 1 amide bonds. The number of fused-ring (bicyclic) bond motifs is 2. The number of aryl methyl sites for hydroxylation is 1. The molecule has 23 heavy (non-hydrogen) atoms. The van der Waals surface area contributed by atoms with Gasteiger partial charge in [-0.05, 0) is 12.1 Å². The van der Waals surface area contributed by atoms with Crippen LogP contribution < -0.4 is 4.74 Å². The van der Waals surface area contributed by atoms with Crippen molar-refractivity contribution in [3.63, 3.8) is 0 Å². The third-order valence-electron chi connectivity index (χ3n) is 4.69. The van der Waals surface area contributed by atoms with Crippen LogP contribution in [-0.4, -0.2) is 57.8 Å². The van der Waals surface area contributed by atoms with Crippen LogP contribution in [0.5, 0.6) is 5.75 Å². The first-order valence-electron chi connectivity index (χ1n) is 7.84. The zero-order valence-electron chi connectivity index (χ0n) is 13.3. The Hall–Kier alpha value is -2.34. The van der Waals surface area contributed by atoms with E-state index >= 15 is 0 Å². The maximum atomic E-state index is 12.7. The van der Waals surface area contributed by atoms with Gasteiger partial charge in [0.25, 0.3) is 5.91 Å². The van der Waals surface area contributed by atoms with E-state index in [1.165, 1.54) is 5.56 Å². The average Bonchev–Trinajstić information content (AvgIpc) is 3.11. The fraction of sp³-hybridized carbons (Fsp3) is 0.412. The van der Waals surface area contributed by atoms with Gasteiger partial charge in [0.2, 0.25) is 0 Å². The molecule has 0 radical (unpaired) electrons. The molecular formula is C17H20N4O2. The second kappa shape index (κ2) is 5.38. The van der Waals surface area contributed by atoms with Crippen LogP contribution in [0.1, 0.15) is 15.9 Å². The van der Waals surface area contributed by atoms with Crippen molar-refractivity contribution in [3.05, 3.63) is 47.8 Å². The monoisotopic (exact) mass is 312 g/mol. The lowest BCUT2D eigenvalue weighted by molar-refractivity contribution is 0.0682. The molecule has 2 aliphatic heterocycles. The molecule has 0 saturated carbocycles. The zero-order chi connectivity index (χ0) is 16.0. The minimum absolute atomic E-state index is 0.00396. The van der Waals surface area contributed by atoms with E-state index in [4.69, 9.17) is 4.74 Å². The number of carbonyl (C=O) groups is 1. The van der Waals surface area contributed by atoms with Crippen molar-refractivity contribution in [3.8, 4) is 5.75 Å². The highest BCUT2D eigenvalue weighted by atomic mass is 16.5. The van der Waals surface area contributed by atoms with Crippen molar-refractivity contribution in [1.82, 2.24) is 19.6 Å². The maximum Gasteiger partial charge on any atom is 0.257 e. The van der Waals surface area contributed by atoms with E-state index in [-0.39, 0.29) is 18.1 Å². The number of hydrogen-bond donors (Lipinski definition) is 0. The number of rotatable bonds is 2. The highest BCUT2D eigenvalue weighted by molar-refractivity contribution is 5.97. The van der Waals surface area contributed by atoms with Gasteiger partial charge in [-0.1, -0.05) is 12.1 Å². The first-order valence-corrected chi connectivity index (χ1v) is 7.84. The molecule has 6 heteroatoms. The van der Waals surface area contributed by atoms with Crippen LogP contribution in [0.25, 0.3) is 0 Å². The SMILES string of the molecule is CN1C(=O)c2ccccc2OC2CN(Cc3cnn(C)c3)CC21. The van der Waals surface area contributed by atoms with E-state index in [0.717, 1.165) is 19.6 Å². The summed E-state index contributed by atoms with van der Waals surface area (Å²) in [6.45, 7) is 2.45. The largest absolute Gasteiger partial charge is 0.486 e. The molecule has 2 atom stereocenters. The lowest BCUT2D eigenvalue weighted by atomic mass is 10.1. The molecule has 2 aliphatic rings. The number of hydrogen-bond acceptors (Lipinski definition) is 4. The number of benzene rings is 1. The fourth-order valence-electron chi connectivity index (χ4n) is 3.51. The second-order valence-corrected chi connectivity index (χ2v) is 6.35. The fourth-order valence-corrected chi connectivity index (χ4v) is 3.51. The van der Waals surface area contributed by atoms with E-state index in [0.29, 0.717) is 11.3 Å². The van der Waals surface area contributed by atoms with Gasteiger partial charge in [0, 0.05) is 45.5 Å². The van der Waals surface area contributed by atoms with Gasteiger partial charge in [0.15, 0.2) is 0 Å². The van der Waals surface area contributed by atoms with Crippen LogP contribution in [0.3, 0.4) is 0 Å². The minimum Gasteiger partial charge on any atom is -0.486 e. The van der Waals surface area contributed by atoms with Crippen molar-refractivity contribution >= 4 is 5.91 Å². The Morgan fingerprint density at radius 3 is 2.87 bits per heavy atom. The van der Waals surface area contributed by atoms with E-state index in [9.17, 15) is 4.79 Å². The molecule has 120 valence electrons. The molecule has 2 unspecified atom stereocenters. The number of likely N-dealkylation sites (N-methyl/N-ethyl adjacent to an activating group) is 1. The molecule has 1 aromatic heterocycles. The Kier molecular flexibility index (Phi) is 3.34. The van der Waals surface area contributed by atoms with Crippen molar-refractivity contribution in [2.45, 2.75) is 18.7 Å². The summed E-state index contributed by atoms with van der Waals surface area (Å²) in [5.74, 6) is 0.733. The van der Waals surface area contributed by atoms with Gasteiger partial charge in [-0.3, -0.25) is 14.4 Å². The summed E-state index contributed by atoms with van der Waals surface area (Å²) in [4.78, 5) is 16.8. The third-order valence-corrected chi connectivity index (χ3v) is 4.69. The van der Waals surface area contributed by atoms with E-state index in [1.807, 2.05) is 60.3 Å². The molecule has 1 fully saturated rings. The lowest BCUT2D eigenvalue weighted by Gasteiger charge is -2.25. The molecule has 0 aliphatic carbocycles. The predicted octanol–water partition coefficient (Wildman–Crippen LogP) is 1.14. The normalized spacial score (nSPS) is 24.1. The maximum absolute atomic E-state index is 12.7. The van der Waals surface area contributed by atoms with Crippen LogP contribution in [0, 0.1) is 0 Å². The Morgan fingerprint density at radius 2 is 2.09 bits per heavy atom. The molecule has 3 heterocycles. The molecule has 0 N–H and O–H groups in total. The number of aromatic nitrogens is 2. The highest BCUT2D eigenvalue weighted by Gasteiger charge is 2.42. The average molecular weight is 312 g/mol. The molecule has 2 aromatic rings. The van der Waals surface area contributed by atoms with Gasteiger partial charge in [0.1, 0.15) is 11.9 Å². The highest BCUT2D eigenvalue weighted by Crippen LogP contribution is 2.30. The molecule has 6 nitrogen and oxygen atoms in total. The first kappa shape index (κ1) is 14.3.